The predicted molar refractivity (Wildman–Crippen MR) is 82.7 cm³/mol. The minimum absolute atomic E-state index is 0.416. The first-order valence-corrected chi connectivity index (χ1v) is 7.09. The highest BCUT2D eigenvalue weighted by Gasteiger charge is 2.16. The predicted octanol–water partition coefficient (Wildman–Crippen LogP) is 3.23. The maximum atomic E-state index is 11.6. The number of rotatable bonds is 5. The highest BCUT2D eigenvalue weighted by molar-refractivity contribution is 5.95. The van der Waals surface area contributed by atoms with E-state index in [9.17, 15) is 4.79 Å². The van der Waals surface area contributed by atoms with Crippen molar-refractivity contribution in [1.82, 2.24) is 4.57 Å². The molecule has 1 heterocycles. The lowest BCUT2D eigenvalue weighted by molar-refractivity contribution is 0.0999. The van der Waals surface area contributed by atoms with Crippen LogP contribution in [0.15, 0.2) is 30.3 Å². The zero-order valence-electron chi connectivity index (χ0n) is 12.4. The first-order chi connectivity index (χ1) is 10.1. The van der Waals surface area contributed by atoms with Gasteiger partial charge in [-0.3, -0.25) is 4.79 Å². The number of amides is 1. The van der Waals surface area contributed by atoms with Gasteiger partial charge >= 0.3 is 0 Å². The van der Waals surface area contributed by atoms with Gasteiger partial charge in [-0.1, -0.05) is 25.5 Å². The zero-order valence-corrected chi connectivity index (χ0v) is 12.4. The van der Waals surface area contributed by atoms with Gasteiger partial charge in [-0.25, -0.2) is 0 Å². The maximum absolute atomic E-state index is 11.6. The minimum Gasteiger partial charge on any atom is -0.366 e. The molecule has 108 valence electrons. The Morgan fingerprint density at radius 1 is 1.38 bits per heavy atom. The van der Waals surface area contributed by atoms with Crippen LogP contribution in [0.25, 0.3) is 11.3 Å². The van der Waals surface area contributed by atoms with Gasteiger partial charge in [-0.15, -0.1) is 0 Å². The number of nitrogens with zero attached hydrogens (tertiary/aromatic N) is 2. The number of primary amides is 1. The molecule has 0 unspecified atom stereocenters. The quantitative estimate of drug-likeness (QED) is 0.913. The Morgan fingerprint density at radius 3 is 2.76 bits per heavy atom. The standard InChI is InChI=1S/C17H19N3O/c1-3-4-8-20-12(2)15(17(19)21)10-16(20)14-7-5-6-13(9-14)11-18/h5-7,9-10H,3-4,8H2,1-2H3,(H2,19,21). The Morgan fingerprint density at radius 2 is 2.14 bits per heavy atom. The van der Waals surface area contributed by atoms with Crippen LogP contribution in [0.3, 0.4) is 0 Å². The van der Waals surface area contributed by atoms with Crippen LogP contribution in [0.1, 0.15) is 41.4 Å². The molecule has 2 N–H and O–H groups in total. The third-order valence-corrected chi connectivity index (χ3v) is 3.65. The molecule has 2 rings (SSSR count). The topological polar surface area (TPSA) is 71.8 Å². The summed E-state index contributed by atoms with van der Waals surface area (Å²) in [5, 5.41) is 9.04. The van der Waals surface area contributed by atoms with Gasteiger partial charge in [-0.05, 0) is 37.1 Å². The number of nitriles is 1. The van der Waals surface area contributed by atoms with Crippen molar-refractivity contribution in [1.29, 1.82) is 5.26 Å². The molecule has 1 aromatic heterocycles. The van der Waals surface area contributed by atoms with E-state index < -0.39 is 5.91 Å². The largest absolute Gasteiger partial charge is 0.366 e. The van der Waals surface area contributed by atoms with Crippen LogP contribution >= 0.6 is 0 Å². The number of carbonyl (C=O) groups is 1. The van der Waals surface area contributed by atoms with E-state index in [-0.39, 0.29) is 0 Å². The summed E-state index contributed by atoms with van der Waals surface area (Å²) in [5.41, 5.74) is 9.36. The van der Waals surface area contributed by atoms with Crippen molar-refractivity contribution >= 4 is 5.91 Å². The molecule has 1 aromatic carbocycles. The van der Waals surface area contributed by atoms with Gasteiger partial charge in [0, 0.05) is 17.9 Å². The van der Waals surface area contributed by atoms with E-state index in [4.69, 9.17) is 11.0 Å². The van der Waals surface area contributed by atoms with E-state index in [0.717, 1.165) is 36.3 Å². The molecule has 2 aromatic rings. The Hall–Kier alpha value is -2.54. The number of carbonyl (C=O) groups excluding carboxylic acids is 1. The molecule has 4 nitrogen and oxygen atoms in total. The van der Waals surface area contributed by atoms with Crippen molar-refractivity contribution in [2.24, 2.45) is 5.73 Å². The molecule has 0 bridgehead atoms. The minimum atomic E-state index is -0.416. The number of aromatic nitrogens is 1. The summed E-state index contributed by atoms with van der Waals surface area (Å²) in [6.07, 6.45) is 2.10. The van der Waals surface area contributed by atoms with Crippen LogP contribution in [0.2, 0.25) is 0 Å². The lowest BCUT2D eigenvalue weighted by Gasteiger charge is -2.11. The van der Waals surface area contributed by atoms with Crippen molar-refractivity contribution in [2.45, 2.75) is 33.2 Å². The molecule has 1 amide bonds. The molecule has 4 heteroatoms. The average molecular weight is 281 g/mol. The Labute approximate surface area is 124 Å². The molecule has 0 saturated carbocycles. The summed E-state index contributed by atoms with van der Waals surface area (Å²) < 4.78 is 2.11. The van der Waals surface area contributed by atoms with Crippen LogP contribution in [-0.2, 0) is 6.54 Å². The van der Waals surface area contributed by atoms with E-state index in [1.807, 2.05) is 31.2 Å². The van der Waals surface area contributed by atoms with Crippen molar-refractivity contribution < 1.29 is 4.79 Å². The van der Waals surface area contributed by atoms with E-state index >= 15 is 0 Å². The molecule has 0 aliphatic carbocycles. The number of nitrogens with two attached hydrogens (primary N) is 1. The zero-order chi connectivity index (χ0) is 15.4. The first kappa shape index (κ1) is 14.9. The number of benzene rings is 1. The average Bonchev–Trinajstić information content (AvgIpc) is 2.82. The van der Waals surface area contributed by atoms with E-state index in [2.05, 4.69) is 17.6 Å². The number of hydrogen-bond donors (Lipinski definition) is 1. The lowest BCUT2D eigenvalue weighted by atomic mass is 10.1. The van der Waals surface area contributed by atoms with Gasteiger partial charge in [0.1, 0.15) is 0 Å². The van der Waals surface area contributed by atoms with Gasteiger partial charge in [-0.2, -0.15) is 5.26 Å². The van der Waals surface area contributed by atoms with Crippen molar-refractivity contribution in [3.8, 4) is 17.3 Å². The summed E-state index contributed by atoms with van der Waals surface area (Å²) in [7, 11) is 0. The maximum Gasteiger partial charge on any atom is 0.250 e. The molecular formula is C17H19N3O. The smallest absolute Gasteiger partial charge is 0.250 e. The Balaban J connectivity index is 2.57. The second-order valence-corrected chi connectivity index (χ2v) is 5.09. The van der Waals surface area contributed by atoms with Crippen LogP contribution in [0.4, 0.5) is 0 Å². The molecular weight excluding hydrogens is 262 g/mol. The summed E-state index contributed by atoms with van der Waals surface area (Å²) in [4.78, 5) is 11.6. The van der Waals surface area contributed by atoms with E-state index in [1.165, 1.54) is 0 Å². The highest BCUT2D eigenvalue weighted by atomic mass is 16.1. The van der Waals surface area contributed by atoms with Crippen molar-refractivity contribution in [3.63, 3.8) is 0 Å². The number of hydrogen-bond acceptors (Lipinski definition) is 2. The van der Waals surface area contributed by atoms with Crippen molar-refractivity contribution in [3.05, 3.63) is 47.2 Å². The second kappa shape index (κ2) is 6.27. The van der Waals surface area contributed by atoms with E-state index in [0.29, 0.717) is 11.1 Å². The summed E-state index contributed by atoms with van der Waals surface area (Å²) in [6, 6.07) is 11.4. The Kier molecular flexibility index (Phi) is 4.44. The van der Waals surface area contributed by atoms with Gasteiger partial charge in [0.15, 0.2) is 0 Å². The van der Waals surface area contributed by atoms with Crippen molar-refractivity contribution in [2.75, 3.05) is 0 Å². The molecule has 0 aliphatic rings. The number of unbranched alkanes of at least 4 members (excludes halogenated alkanes) is 1. The SMILES string of the molecule is CCCCn1c(-c2cccc(C#N)c2)cc(C(N)=O)c1C. The fourth-order valence-corrected chi connectivity index (χ4v) is 2.49. The van der Waals surface area contributed by atoms with Crippen LogP contribution in [-0.4, -0.2) is 10.5 Å². The summed E-state index contributed by atoms with van der Waals surface area (Å²) in [6.45, 7) is 4.87. The monoisotopic (exact) mass is 281 g/mol. The molecule has 0 spiro atoms. The normalized spacial score (nSPS) is 10.3. The fourth-order valence-electron chi connectivity index (χ4n) is 2.49. The third kappa shape index (κ3) is 2.97. The van der Waals surface area contributed by atoms with Gasteiger partial charge < -0.3 is 10.3 Å². The highest BCUT2D eigenvalue weighted by Crippen LogP contribution is 2.27. The molecule has 0 saturated heterocycles. The molecule has 21 heavy (non-hydrogen) atoms. The van der Waals surface area contributed by atoms with Crippen LogP contribution < -0.4 is 5.73 Å². The third-order valence-electron chi connectivity index (χ3n) is 3.65. The Bertz CT molecular complexity index is 707. The van der Waals surface area contributed by atoms with Crippen LogP contribution in [0.5, 0.6) is 0 Å². The van der Waals surface area contributed by atoms with Gasteiger partial charge in [0.05, 0.1) is 17.2 Å². The summed E-state index contributed by atoms with van der Waals surface area (Å²) in [5.74, 6) is -0.416. The molecule has 0 fully saturated rings. The molecule has 0 aliphatic heterocycles. The molecule has 0 radical (unpaired) electrons. The molecule has 0 atom stereocenters. The van der Waals surface area contributed by atoms with E-state index in [1.54, 1.807) is 6.07 Å². The second-order valence-electron chi connectivity index (χ2n) is 5.09. The summed E-state index contributed by atoms with van der Waals surface area (Å²) >= 11 is 0. The fraction of sp³-hybridized carbons (Fsp3) is 0.294. The van der Waals surface area contributed by atoms with Gasteiger partial charge in [0.2, 0.25) is 0 Å². The lowest BCUT2D eigenvalue weighted by Crippen LogP contribution is -2.12. The van der Waals surface area contributed by atoms with Gasteiger partial charge in [0.25, 0.3) is 5.91 Å². The van der Waals surface area contributed by atoms with Crippen LogP contribution in [0, 0.1) is 18.3 Å². The first-order valence-electron chi connectivity index (χ1n) is 7.09.